The SMILES string of the molecule is COc1ccc2nc3ccccc3c(SCCCCCCCSc3c4ccccc4nc4ccc(OC)cc34)c2c1. The maximum absolute atomic E-state index is 5.51. The molecule has 4 aromatic carbocycles. The third-order valence-electron chi connectivity index (χ3n) is 7.46. The van der Waals surface area contributed by atoms with E-state index in [-0.39, 0.29) is 0 Å². The Hall–Kier alpha value is -3.48. The van der Waals surface area contributed by atoms with Gasteiger partial charge in [0.25, 0.3) is 0 Å². The molecule has 0 amide bonds. The summed E-state index contributed by atoms with van der Waals surface area (Å²) >= 11 is 3.91. The molecule has 6 rings (SSSR count). The number of hydrogen-bond acceptors (Lipinski definition) is 6. The van der Waals surface area contributed by atoms with Gasteiger partial charge in [-0.3, -0.25) is 0 Å². The molecule has 41 heavy (non-hydrogen) atoms. The number of methoxy groups -OCH3 is 2. The minimum absolute atomic E-state index is 0.876. The van der Waals surface area contributed by atoms with E-state index < -0.39 is 0 Å². The molecule has 0 atom stereocenters. The zero-order chi connectivity index (χ0) is 28.0. The van der Waals surface area contributed by atoms with Crippen LogP contribution in [0.4, 0.5) is 0 Å². The molecule has 6 aromatic rings. The number of rotatable bonds is 12. The number of aromatic nitrogens is 2. The summed E-state index contributed by atoms with van der Waals surface area (Å²) in [5.74, 6) is 3.96. The van der Waals surface area contributed by atoms with Crippen molar-refractivity contribution in [2.24, 2.45) is 0 Å². The molecule has 0 unspecified atom stereocenters. The first-order chi connectivity index (χ1) is 20.2. The number of fused-ring (bicyclic) bond motifs is 4. The topological polar surface area (TPSA) is 44.2 Å². The van der Waals surface area contributed by atoms with E-state index in [2.05, 4.69) is 72.8 Å². The second-order valence-corrected chi connectivity index (χ2v) is 12.4. The van der Waals surface area contributed by atoms with Crippen molar-refractivity contribution in [2.75, 3.05) is 25.7 Å². The summed E-state index contributed by atoms with van der Waals surface area (Å²) in [4.78, 5) is 12.4. The predicted octanol–water partition coefficient (Wildman–Crippen LogP) is 9.94. The molecule has 0 radical (unpaired) electrons. The van der Waals surface area contributed by atoms with Crippen LogP contribution in [0.1, 0.15) is 32.1 Å². The molecule has 0 N–H and O–H groups in total. The molecule has 0 spiro atoms. The average molecular weight is 579 g/mol. The monoisotopic (exact) mass is 578 g/mol. The molecule has 2 aromatic heterocycles. The lowest BCUT2D eigenvalue weighted by Gasteiger charge is -2.12. The molecule has 0 saturated heterocycles. The van der Waals surface area contributed by atoms with E-state index in [0.29, 0.717) is 0 Å². The molecule has 0 aliphatic heterocycles. The summed E-state index contributed by atoms with van der Waals surface area (Å²) in [5.41, 5.74) is 4.16. The van der Waals surface area contributed by atoms with Gasteiger partial charge in [-0.25, -0.2) is 9.97 Å². The normalized spacial score (nSPS) is 11.6. The standard InChI is InChI=1S/C35H34N2O2S2/c1-38-24-16-18-32-28(22-24)34(26-12-6-8-14-30(26)36-32)40-20-10-4-3-5-11-21-41-35-27-13-7-9-15-31(27)37-33-19-17-25(39-2)23-29(33)35/h6-9,12-19,22-23H,3-5,10-11,20-21H2,1-2H3. The Kier molecular flexibility index (Phi) is 8.78. The number of thioether (sulfide) groups is 2. The Bertz CT molecular complexity index is 1690. The van der Waals surface area contributed by atoms with E-state index in [1.807, 2.05) is 35.7 Å². The molecule has 2 heterocycles. The summed E-state index contributed by atoms with van der Waals surface area (Å²) in [6.45, 7) is 0. The molecule has 0 saturated carbocycles. The van der Waals surface area contributed by atoms with Crippen molar-refractivity contribution in [3.05, 3.63) is 84.9 Å². The van der Waals surface area contributed by atoms with Gasteiger partial charge in [-0.2, -0.15) is 0 Å². The van der Waals surface area contributed by atoms with E-state index >= 15 is 0 Å². The van der Waals surface area contributed by atoms with E-state index in [4.69, 9.17) is 19.4 Å². The van der Waals surface area contributed by atoms with Crippen LogP contribution in [0.2, 0.25) is 0 Å². The number of hydrogen-bond donors (Lipinski definition) is 0. The fraction of sp³-hybridized carbons (Fsp3) is 0.257. The van der Waals surface area contributed by atoms with Gasteiger partial charge >= 0.3 is 0 Å². The largest absolute Gasteiger partial charge is 0.497 e. The van der Waals surface area contributed by atoms with E-state index in [1.54, 1.807) is 14.2 Å². The first-order valence-electron chi connectivity index (χ1n) is 14.2. The van der Waals surface area contributed by atoms with Gasteiger partial charge in [0.2, 0.25) is 0 Å². The third kappa shape index (κ3) is 6.09. The average Bonchev–Trinajstić information content (AvgIpc) is 3.02. The van der Waals surface area contributed by atoms with Crippen LogP contribution in [0.15, 0.2) is 94.7 Å². The highest BCUT2D eigenvalue weighted by atomic mass is 32.2. The maximum Gasteiger partial charge on any atom is 0.119 e. The molecule has 0 aliphatic carbocycles. The summed E-state index contributed by atoms with van der Waals surface area (Å²) in [6, 6.07) is 29.3. The van der Waals surface area contributed by atoms with E-state index in [0.717, 1.165) is 45.1 Å². The number of benzene rings is 4. The Morgan fingerprint density at radius 1 is 0.488 bits per heavy atom. The molecule has 208 valence electrons. The van der Waals surface area contributed by atoms with Crippen LogP contribution < -0.4 is 9.47 Å². The molecule has 0 bridgehead atoms. The minimum atomic E-state index is 0.876. The molecular formula is C35H34N2O2S2. The zero-order valence-corrected chi connectivity index (χ0v) is 25.2. The van der Waals surface area contributed by atoms with Crippen LogP contribution >= 0.6 is 23.5 Å². The van der Waals surface area contributed by atoms with Gasteiger partial charge < -0.3 is 9.47 Å². The van der Waals surface area contributed by atoms with E-state index in [1.165, 1.54) is 63.4 Å². The van der Waals surface area contributed by atoms with Gasteiger partial charge in [0, 0.05) is 31.3 Å². The highest BCUT2D eigenvalue weighted by molar-refractivity contribution is 8.00. The lowest BCUT2D eigenvalue weighted by atomic mass is 10.1. The van der Waals surface area contributed by atoms with Gasteiger partial charge in [-0.1, -0.05) is 55.7 Å². The van der Waals surface area contributed by atoms with Crippen molar-refractivity contribution in [2.45, 2.75) is 41.9 Å². The molecule has 4 nitrogen and oxygen atoms in total. The van der Waals surface area contributed by atoms with Crippen LogP contribution in [-0.2, 0) is 0 Å². The Labute approximate surface area is 249 Å². The highest BCUT2D eigenvalue weighted by Gasteiger charge is 2.12. The Morgan fingerprint density at radius 3 is 1.37 bits per heavy atom. The number of pyridine rings is 2. The summed E-state index contributed by atoms with van der Waals surface area (Å²) in [5, 5.41) is 4.81. The quantitative estimate of drug-likeness (QED) is 0.0818. The fourth-order valence-electron chi connectivity index (χ4n) is 5.31. The molecular weight excluding hydrogens is 545 g/mol. The van der Waals surface area contributed by atoms with Gasteiger partial charge in [-0.15, -0.1) is 23.5 Å². The van der Waals surface area contributed by atoms with Gasteiger partial charge in [0.15, 0.2) is 0 Å². The van der Waals surface area contributed by atoms with Crippen molar-refractivity contribution < 1.29 is 9.47 Å². The number of ether oxygens (including phenoxy) is 2. The highest BCUT2D eigenvalue weighted by Crippen LogP contribution is 2.38. The Morgan fingerprint density at radius 2 is 0.902 bits per heavy atom. The zero-order valence-electron chi connectivity index (χ0n) is 23.6. The maximum atomic E-state index is 5.51. The number of para-hydroxylation sites is 2. The lowest BCUT2D eigenvalue weighted by Crippen LogP contribution is -1.91. The molecule has 6 heteroatoms. The van der Waals surface area contributed by atoms with Crippen molar-refractivity contribution in [3.63, 3.8) is 0 Å². The molecule has 0 aliphatic rings. The van der Waals surface area contributed by atoms with Crippen molar-refractivity contribution in [1.82, 2.24) is 9.97 Å². The minimum Gasteiger partial charge on any atom is -0.497 e. The van der Waals surface area contributed by atoms with Crippen LogP contribution in [-0.4, -0.2) is 35.7 Å². The first kappa shape index (κ1) is 27.7. The van der Waals surface area contributed by atoms with Crippen molar-refractivity contribution >= 4 is 67.1 Å². The van der Waals surface area contributed by atoms with Crippen LogP contribution in [0.3, 0.4) is 0 Å². The van der Waals surface area contributed by atoms with Crippen molar-refractivity contribution in [3.8, 4) is 11.5 Å². The smallest absolute Gasteiger partial charge is 0.119 e. The first-order valence-corrected chi connectivity index (χ1v) is 16.2. The molecule has 0 fully saturated rings. The number of unbranched alkanes of at least 4 members (excludes halogenated alkanes) is 4. The van der Waals surface area contributed by atoms with Gasteiger partial charge in [0.1, 0.15) is 11.5 Å². The van der Waals surface area contributed by atoms with Crippen LogP contribution in [0.5, 0.6) is 11.5 Å². The summed E-state index contributed by atoms with van der Waals surface area (Å²) in [6.07, 6.45) is 6.18. The summed E-state index contributed by atoms with van der Waals surface area (Å²) < 4.78 is 11.0. The second kappa shape index (κ2) is 13.0. The lowest BCUT2D eigenvalue weighted by molar-refractivity contribution is 0.415. The van der Waals surface area contributed by atoms with Gasteiger partial charge in [-0.05, 0) is 72.9 Å². The van der Waals surface area contributed by atoms with Gasteiger partial charge in [0.05, 0.1) is 36.3 Å². The Balaban J connectivity index is 1.03. The van der Waals surface area contributed by atoms with Crippen molar-refractivity contribution in [1.29, 1.82) is 0 Å². The predicted molar refractivity (Wildman–Crippen MR) is 176 cm³/mol. The van der Waals surface area contributed by atoms with E-state index in [9.17, 15) is 0 Å². The van der Waals surface area contributed by atoms with Crippen LogP contribution in [0.25, 0.3) is 43.6 Å². The third-order valence-corrected chi connectivity index (χ3v) is 9.90. The van der Waals surface area contributed by atoms with Crippen LogP contribution in [0, 0.1) is 0 Å². The second-order valence-electron chi connectivity index (χ2n) is 10.1. The summed E-state index contributed by atoms with van der Waals surface area (Å²) in [7, 11) is 3.44. The fourth-order valence-corrected chi connectivity index (χ4v) is 7.71. The number of nitrogens with zero attached hydrogens (tertiary/aromatic N) is 2.